The van der Waals surface area contributed by atoms with Crippen LogP contribution in [0, 0.1) is 6.92 Å². The molecule has 0 saturated heterocycles. The Morgan fingerprint density at radius 1 is 1.39 bits per heavy atom. The van der Waals surface area contributed by atoms with Gasteiger partial charge in [0, 0.05) is 0 Å². The molecule has 0 aliphatic carbocycles. The second-order valence-electron chi connectivity index (χ2n) is 5.19. The van der Waals surface area contributed by atoms with Crippen LogP contribution in [0.4, 0.5) is 0 Å². The first kappa shape index (κ1) is 12.9. The molecular weight excluding hydrogens is 226 g/mol. The summed E-state index contributed by atoms with van der Waals surface area (Å²) in [5, 5.41) is 3.30. The first-order chi connectivity index (χ1) is 8.45. The van der Waals surface area contributed by atoms with Crippen molar-refractivity contribution < 1.29 is 4.42 Å². The summed E-state index contributed by atoms with van der Waals surface area (Å²) in [6.45, 7) is 8.36. The number of aromatic nitrogens is 2. The third-order valence-electron chi connectivity index (χ3n) is 3.52. The van der Waals surface area contributed by atoms with Gasteiger partial charge in [-0.15, -0.1) is 0 Å². The van der Waals surface area contributed by atoms with Crippen LogP contribution in [0.25, 0.3) is 0 Å². The van der Waals surface area contributed by atoms with E-state index >= 15 is 0 Å². The Morgan fingerprint density at radius 2 is 2.11 bits per heavy atom. The smallest absolute Gasteiger partial charge is 0.126 e. The van der Waals surface area contributed by atoms with E-state index in [2.05, 4.69) is 35.6 Å². The molecule has 0 saturated carbocycles. The largest absolute Gasteiger partial charge is 0.464 e. The maximum atomic E-state index is 5.70. The van der Waals surface area contributed by atoms with Gasteiger partial charge in [-0.2, -0.15) is 0 Å². The van der Waals surface area contributed by atoms with E-state index in [1.165, 1.54) is 0 Å². The molecule has 4 heteroatoms. The minimum absolute atomic E-state index is 0.119. The van der Waals surface area contributed by atoms with Crippen LogP contribution in [-0.4, -0.2) is 16.6 Å². The number of hydrogen-bond acceptors (Lipinski definition) is 3. The monoisotopic (exact) mass is 247 g/mol. The lowest BCUT2D eigenvalue weighted by Crippen LogP contribution is -2.35. The van der Waals surface area contributed by atoms with Crippen molar-refractivity contribution >= 4 is 0 Å². The second-order valence-corrected chi connectivity index (χ2v) is 5.19. The molecule has 0 amide bonds. The Morgan fingerprint density at radius 3 is 2.67 bits per heavy atom. The zero-order valence-corrected chi connectivity index (χ0v) is 11.7. The van der Waals surface area contributed by atoms with Crippen LogP contribution in [0.1, 0.15) is 44.0 Å². The predicted molar refractivity (Wildman–Crippen MR) is 71.6 cm³/mol. The SMILES string of the molecule is CNC(C)(C)c1cncn1C(C)c1ccc(C)o1. The molecule has 0 radical (unpaired) electrons. The summed E-state index contributed by atoms with van der Waals surface area (Å²) in [6, 6.07) is 4.16. The van der Waals surface area contributed by atoms with Crippen molar-refractivity contribution in [2.45, 2.75) is 39.3 Å². The van der Waals surface area contributed by atoms with Crippen molar-refractivity contribution in [1.82, 2.24) is 14.9 Å². The van der Waals surface area contributed by atoms with Gasteiger partial charge in [-0.05, 0) is 46.9 Å². The zero-order valence-electron chi connectivity index (χ0n) is 11.7. The summed E-state index contributed by atoms with van der Waals surface area (Å²) in [7, 11) is 1.96. The molecule has 18 heavy (non-hydrogen) atoms. The van der Waals surface area contributed by atoms with Gasteiger partial charge in [-0.1, -0.05) is 0 Å². The van der Waals surface area contributed by atoms with E-state index in [1.807, 2.05) is 38.6 Å². The average molecular weight is 247 g/mol. The van der Waals surface area contributed by atoms with Crippen molar-refractivity contribution in [2.24, 2.45) is 0 Å². The summed E-state index contributed by atoms with van der Waals surface area (Å²) in [5.74, 6) is 1.89. The highest BCUT2D eigenvalue weighted by atomic mass is 16.3. The molecule has 1 atom stereocenters. The molecule has 0 bridgehead atoms. The van der Waals surface area contributed by atoms with Gasteiger partial charge in [0.1, 0.15) is 11.5 Å². The Balaban J connectivity index is 2.38. The number of furan rings is 1. The molecule has 4 nitrogen and oxygen atoms in total. The Labute approximate surface area is 108 Å². The molecule has 0 aliphatic heterocycles. The average Bonchev–Trinajstić information content (AvgIpc) is 2.96. The third kappa shape index (κ3) is 2.20. The second kappa shape index (κ2) is 4.61. The number of hydrogen-bond donors (Lipinski definition) is 1. The summed E-state index contributed by atoms with van der Waals surface area (Å²) in [4.78, 5) is 4.27. The van der Waals surface area contributed by atoms with Gasteiger partial charge in [0.2, 0.25) is 0 Å². The van der Waals surface area contributed by atoms with Crippen LogP contribution in [0.3, 0.4) is 0 Å². The topological polar surface area (TPSA) is 43.0 Å². The molecule has 2 rings (SSSR count). The molecule has 1 unspecified atom stereocenters. The molecular formula is C14H21N3O. The van der Waals surface area contributed by atoms with E-state index in [-0.39, 0.29) is 11.6 Å². The number of aryl methyl sites for hydroxylation is 1. The standard InChI is InChI=1S/C14H21N3O/c1-10-6-7-12(18-10)11(2)17-9-16-8-13(17)14(3,4)15-5/h6-9,11,15H,1-5H3. The van der Waals surface area contributed by atoms with Crippen LogP contribution in [-0.2, 0) is 5.54 Å². The number of rotatable bonds is 4. The third-order valence-corrected chi connectivity index (χ3v) is 3.52. The molecule has 0 aromatic carbocycles. The van der Waals surface area contributed by atoms with Crippen LogP contribution >= 0.6 is 0 Å². The van der Waals surface area contributed by atoms with Crippen LogP contribution in [0.2, 0.25) is 0 Å². The van der Waals surface area contributed by atoms with E-state index in [0.29, 0.717) is 0 Å². The zero-order chi connectivity index (χ0) is 13.3. The summed E-state index contributed by atoms with van der Waals surface area (Å²) < 4.78 is 7.85. The molecule has 0 aliphatic rings. The van der Waals surface area contributed by atoms with Crippen molar-refractivity contribution in [3.8, 4) is 0 Å². The molecule has 0 spiro atoms. The number of imidazole rings is 1. The van der Waals surface area contributed by atoms with E-state index in [1.54, 1.807) is 0 Å². The molecule has 1 N–H and O–H groups in total. The van der Waals surface area contributed by atoms with E-state index < -0.39 is 0 Å². The maximum Gasteiger partial charge on any atom is 0.126 e. The first-order valence-electron chi connectivity index (χ1n) is 6.23. The lowest BCUT2D eigenvalue weighted by Gasteiger charge is -2.27. The minimum Gasteiger partial charge on any atom is -0.464 e. The van der Waals surface area contributed by atoms with Gasteiger partial charge in [-0.25, -0.2) is 4.98 Å². The Kier molecular flexibility index (Phi) is 3.30. The minimum atomic E-state index is -0.119. The fraction of sp³-hybridized carbons (Fsp3) is 0.500. The van der Waals surface area contributed by atoms with Crippen LogP contribution < -0.4 is 5.32 Å². The van der Waals surface area contributed by atoms with Crippen LogP contribution in [0.15, 0.2) is 29.1 Å². The highest BCUT2D eigenvalue weighted by Crippen LogP contribution is 2.26. The highest BCUT2D eigenvalue weighted by Gasteiger charge is 2.25. The lowest BCUT2D eigenvalue weighted by molar-refractivity contribution is 0.376. The van der Waals surface area contributed by atoms with Crippen molar-refractivity contribution in [1.29, 1.82) is 0 Å². The number of nitrogens with zero attached hydrogens (tertiary/aromatic N) is 2. The number of nitrogens with one attached hydrogen (secondary N) is 1. The van der Waals surface area contributed by atoms with Crippen LogP contribution in [0.5, 0.6) is 0 Å². The summed E-state index contributed by atoms with van der Waals surface area (Å²) >= 11 is 0. The van der Waals surface area contributed by atoms with E-state index in [9.17, 15) is 0 Å². The fourth-order valence-electron chi connectivity index (χ4n) is 2.04. The Hall–Kier alpha value is -1.55. The predicted octanol–water partition coefficient (Wildman–Crippen LogP) is 2.85. The van der Waals surface area contributed by atoms with E-state index in [0.717, 1.165) is 17.2 Å². The van der Waals surface area contributed by atoms with E-state index in [4.69, 9.17) is 4.42 Å². The molecule has 98 valence electrons. The first-order valence-corrected chi connectivity index (χ1v) is 6.23. The van der Waals surface area contributed by atoms with Gasteiger partial charge in [0.25, 0.3) is 0 Å². The quantitative estimate of drug-likeness (QED) is 0.903. The van der Waals surface area contributed by atoms with Gasteiger partial charge >= 0.3 is 0 Å². The molecule has 2 aromatic heterocycles. The van der Waals surface area contributed by atoms with Gasteiger partial charge < -0.3 is 14.3 Å². The van der Waals surface area contributed by atoms with Crippen molar-refractivity contribution in [3.63, 3.8) is 0 Å². The molecule has 2 heterocycles. The molecule has 2 aromatic rings. The molecule has 0 fully saturated rings. The lowest BCUT2D eigenvalue weighted by atomic mass is 10.0. The van der Waals surface area contributed by atoms with Gasteiger partial charge in [0.05, 0.1) is 29.8 Å². The fourth-order valence-corrected chi connectivity index (χ4v) is 2.04. The Bertz CT molecular complexity index is 525. The van der Waals surface area contributed by atoms with Crippen molar-refractivity contribution in [2.75, 3.05) is 7.05 Å². The summed E-state index contributed by atoms with van der Waals surface area (Å²) in [6.07, 6.45) is 3.76. The highest BCUT2D eigenvalue weighted by molar-refractivity contribution is 5.17. The maximum absolute atomic E-state index is 5.70. The summed E-state index contributed by atoms with van der Waals surface area (Å²) in [5.41, 5.74) is 1.03. The van der Waals surface area contributed by atoms with Crippen molar-refractivity contribution in [3.05, 3.63) is 41.9 Å². The van der Waals surface area contributed by atoms with Gasteiger partial charge in [-0.3, -0.25) is 0 Å². The normalized spacial score (nSPS) is 13.8. The van der Waals surface area contributed by atoms with Gasteiger partial charge in [0.15, 0.2) is 0 Å².